The van der Waals surface area contributed by atoms with Gasteiger partial charge in [0, 0.05) is 30.1 Å². The second-order valence-corrected chi connectivity index (χ2v) is 6.97. The smallest absolute Gasteiger partial charge is 0.410 e. The lowest BCUT2D eigenvalue weighted by Gasteiger charge is -2.29. The number of amides is 1. The van der Waals surface area contributed by atoms with E-state index in [1.165, 1.54) is 0 Å². The normalized spacial score (nSPS) is 14.7. The maximum absolute atomic E-state index is 12.2. The summed E-state index contributed by atoms with van der Waals surface area (Å²) in [4.78, 5) is 13.9. The molecule has 0 bridgehead atoms. The highest BCUT2D eigenvalue weighted by Gasteiger charge is 2.28. The van der Waals surface area contributed by atoms with E-state index in [9.17, 15) is 4.79 Å². The molecule has 0 N–H and O–H groups in total. The van der Waals surface area contributed by atoms with Crippen molar-refractivity contribution < 1.29 is 9.53 Å². The third-order valence-electron chi connectivity index (χ3n) is 3.60. The van der Waals surface area contributed by atoms with Crippen LogP contribution in [0.1, 0.15) is 37.7 Å². The Hall–Kier alpha value is -1.49. The summed E-state index contributed by atoms with van der Waals surface area (Å²) in [5.74, 6) is 0.425. The van der Waals surface area contributed by atoms with Crippen molar-refractivity contribution in [2.24, 2.45) is 0 Å². The molecule has 1 aromatic heterocycles. The molecule has 0 unspecified atom stereocenters. The van der Waals surface area contributed by atoms with E-state index in [0.29, 0.717) is 25.5 Å². The van der Waals surface area contributed by atoms with E-state index >= 15 is 0 Å². The summed E-state index contributed by atoms with van der Waals surface area (Å²) in [5.41, 5.74) is 3.68. The SMILES string of the molecule is C=C(CCl)Cn1nc2c(c1C)CN(C(=O)OC(C)(C)C)CC2. The Morgan fingerprint density at radius 2 is 2.14 bits per heavy atom. The number of alkyl halides is 1. The van der Waals surface area contributed by atoms with Crippen molar-refractivity contribution in [1.82, 2.24) is 14.7 Å². The fourth-order valence-corrected chi connectivity index (χ4v) is 2.54. The minimum Gasteiger partial charge on any atom is -0.444 e. The number of allylic oxidation sites excluding steroid dienone is 1. The first-order valence-electron chi connectivity index (χ1n) is 7.47. The van der Waals surface area contributed by atoms with Crippen molar-refractivity contribution >= 4 is 17.7 Å². The molecule has 1 aliphatic heterocycles. The number of hydrogen-bond donors (Lipinski definition) is 0. The van der Waals surface area contributed by atoms with Crippen LogP contribution in [0.3, 0.4) is 0 Å². The number of ether oxygens (including phenoxy) is 1. The zero-order chi connectivity index (χ0) is 16.5. The Balaban J connectivity index is 2.13. The van der Waals surface area contributed by atoms with E-state index in [1.807, 2.05) is 32.4 Å². The van der Waals surface area contributed by atoms with Crippen molar-refractivity contribution in [1.29, 1.82) is 0 Å². The van der Waals surface area contributed by atoms with Crippen LogP contribution < -0.4 is 0 Å². The number of hydrogen-bond acceptors (Lipinski definition) is 3. The monoisotopic (exact) mass is 325 g/mol. The molecular weight excluding hydrogens is 302 g/mol. The lowest BCUT2D eigenvalue weighted by molar-refractivity contribution is 0.0223. The molecule has 0 radical (unpaired) electrons. The van der Waals surface area contributed by atoms with Crippen LogP contribution in [0, 0.1) is 6.92 Å². The van der Waals surface area contributed by atoms with E-state index in [2.05, 4.69) is 11.7 Å². The van der Waals surface area contributed by atoms with Gasteiger partial charge in [-0.2, -0.15) is 5.10 Å². The molecule has 0 atom stereocenters. The molecule has 22 heavy (non-hydrogen) atoms. The third kappa shape index (κ3) is 3.83. The maximum Gasteiger partial charge on any atom is 0.410 e. The van der Waals surface area contributed by atoms with Crippen molar-refractivity contribution in [3.63, 3.8) is 0 Å². The summed E-state index contributed by atoms with van der Waals surface area (Å²) in [5, 5.41) is 4.63. The van der Waals surface area contributed by atoms with Gasteiger partial charge in [-0.05, 0) is 33.3 Å². The van der Waals surface area contributed by atoms with Crippen LogP contribution >= 0.6 is 11.6 Å². The quantitative estimate of drug-likeness (QED) is 0.633. The molecule has 2 rings (SSSR count). The summed E-state index contributed by atoms with van der Waals surface area (Å²) < 4.78 is 7.37. The van der Waals surface area contributed by atoms with Gasteiger partial charge in [-0.15, -0.1) is 11.6 Å². The largest absolute Gasteiger partial charge is 0.444 e. The molecular formula is C16H24ClN3O2. The molecule has 122 valence electrons. The van der Waals surface area contributed by atoms with Crippen LogP contribution in [-0.4, -0.2) is 38.8 Å². The van der Waals surface area contributed by atoms with Crippen LogP contribution in [0.4, 0.5) is 4.79 Å². The fourth-order valence-electron chi connectivity index (χ4n) is 2.45. The van der Waals surface area contributed by atoms with Gasteiger partial charge in [-0.25, -0.2) is 4.79 Å². The lowest BCUT2D eigenvalue weighted by atomic mass is 10.1. The highest BCUT2D eigenvalue weighted by molar-refractivity contribution is 6.19. The summed E-state index contributed by atoms with van der Waals surface area (Å²) in [6.07, 6.45) is 0.478. The zero-order valence-electron chi connectivity index (χ0n) is 13.8. The molecule has 0 saturated heterocycles. The summed E-state index contributed by atoms with van der Waals surface area (Å²) in [6, 6.07) is 0. The standard InChI is InChI=1S/C16H24ClN3O2/c1-11(8-17)9-20-12(2)13-10-19(7-6-14(13)18-20)15(21)22-16(3,4)5/h1,6-10H2,2-5H3. The number of carbonyl (C=O) groups is 1. The van der Waals surface area contributed by atoms with Crippen LogP contribution in [0.2, 0.25) is 0 Å². The third-order valence-corrected chi connectivity index (χ3v) is 3.97. The lowest BCUT2D eigenvalue weighted by Crippen LogP contribution is -2.39. The Morgan fingerprint density at radius 3 is 2.73 bits per heavy atom. The molecule has 0 saturated carbocycles. The van der Waals surface area contributed by atoms with Gasteiger partial charge in [0.05, 0.1) is 18.8 Å². The molecule has 0 aliphatic carbocycles. The first-order chi connectivity index (χ1) is 10.2. The molecule has 1 aromatic rings. The van der Waals surface area contributed by atoms with Gasteiger partial charge in [0.2, 0.25) is 0 Å². The summed E-state index contributed by atoms with van der Waals surface area (Å²) in [7, 11) is 0. The Bertz CT molecular complexity index is 587. The van der Waals surface area contributed by atoms with Gasteiger partial charge in [0.25, 0.3) is 0 Å². The second kappa shape index (κ2) is 6.32. The van der Waals surface area contributed by atoms with Crippen LogP contribution in [0.25, 0.3) is 0 Å². The van der Waals surface area contributed by atoms with Crippen molar-refractivity contribution in [3.8, 4) is 0 Å². The molecule has 2 heterocycles. The molecule has 0 fully saturated rings. The van der Waals surface area contributed by atoms with Gasteiger partial charge in [-0.1, -0.05) is 6.58 Å². The summed E-state index contributed by atoms with van der Waals surface area (Å²) >= 11 is 5.80. The number of carbonyl (C=O) groups excluding carboxylic acids is 1. The van der Waals surface area contributed by atoms with Crippen LogP contribution in [-0.2, 0) is 24.2 Å². The van der Waals surface area contributed by atoms with Gasteiger partial charge in [0.1, 0.15) is 5.60 Å². The highest BCUT2D eigenvalue weighted by atomic mass is 35.5. The molecule has 1 aliphatic rings. The van der Waals surface area contributed by atoms with E-state index in [1.54, 1.807) is 4.90 Å². The van der Waals surface area contributed by atoms with Gasteiger partial charge < -0.3 is 9.64 Å². The van der Waals surface area contributed by atoms with Gasteiger partial charge >= 0.3 is 6.09 Å². The van der Waals surface area contributed by atoms with E-state index in [4.69, 9.17) is 16.3 Å². The van der Waals surface area contributed by atoms with E-state index in [0.717, 1.165) is 28.9 Å². The highest BCUT2D eigenvalue weighted by Crippen LogP contribution is 2.24. The number of aromatic nitrogens is 2. The van der Waals surface area contributed by atoms with Crippen LogP contribution in [0.5, 0.6) is 0 Å². The number of halogens is 1. The number of fused-ring (bicyclic) bond motifs is 1. The predicted molar refractivity (Wildman–Crippen MR) is 87.2 cm³/mol. The Kier molecular flexibility index (Phi) is 4.85. The Morgan fingerprint density at radius 1 is 1.45 bits per heavy atom. The first-order valence-corrected chi connectivity index (χ1v) is 8.00. The fraction of sp³-hybridized carbons (Fsp3) is 0.625. The number of rotatable bonds is 3. The van der Waals surface area contributed by atoms with Gasteiger partial charge in [0.15, 0.2) is 0 Å². The number of nitrogens with zero attached hydrogens (tertiary/aromatic N) is 3. The molecule has 5 nitrogen and oxygen atoms in total. The maximum atomic E-state index is 12.2. The average Bonchev–Trinajstić information content (AvgIpc) is 2.73. The minimum atomic E-state index is -0.478. The van der Waals surface area contributed by atoms with Crippen molar-refractivity contribution in [3.05, 3.63) is 29.1 Å². The molecule has 1 amide bonds. The van der Waals surface area contributed by atoms with Crippen molar-refractivity contribution in [2.45, 2.75) is 52.8 Å². The zero-order valence-corrected chi connectivity index (χ0v) is 14.5. The van der Waals surface area contributed by atoms with E-state index in [-0.39, 0.29) is 6.09 Å². The topological polar surface area (TPSA) is 47.4 Å². The van der Waals surface area contributed by atoms with Crippen LogP contribution in [0.15, 0.2) is 12.2 Å². The average molecular weight is 326 g/mol. The van der Waals surface area contributed by atoms with Gasteiger partial charge in [-0.3, -0.25) is 4.68 Å². The Labute approximate surface area is 136 Å². The minimum absolute atomic E-state index is 0.268. The second-order valence-electron chi connectivity index (χ2n) is 6.70. The van der Waals surface area contributed by atoms with Crippen molar-refractivity contribution in [2.75, 3.05) is 12.4 Å². The predicted octanol–water partition coefficient (Wildman–Crippen LogP) is 3.28. The molecule has 6 heteroatoms. The first kappa shape index (κ1) is 16.9. The molecule has 0 spiro atoms. The molecule has 0 aromatic carbocycles. The summed E-state index contributed by atoms with van der Waals surface area (Å²) in [6.45, 7) is 13.4. The van der Waals surface area contributed by atoms with E-state index < -0.39 is 5.60 Å².